The average Bonchev–Trinajstić information content (AvgIpc) is 3.36. The van der Waals surface area contributed by atoms with Gasteiger partial charge in [0.1, 0.15) is 5.52 Å². The van der Waals surface area contributed by atoms with E-state index in [1.54, 1.807) is 0 Å². The molecule has 3 aliphatic rings. The molecule has 4 heteroatoms. The highest BCUT2D eigenvalue weighted by molar-refractivity contribution is 5.76. The van der Waals surface area contributed by atoms with Crippen molar-refractivity contribution < 1.29 is 9.21 Å². The van der Waals surface area contributed by atoms with Gasteiger partial charge in [-0.2, -0.15) is 0 Å². The topological polar surface area (TPSA) is 46.3 Å². The van der Waals surface area contributed by atoms with E-state index in [4.69, 9.17) is 4.42 Å². The van der Waals surface area contributed by atoms with Gasteiger partial charge in [-0.05, 0) is 62.0 Å². The van der Waals surface area contributed by atoms with Gasteiger partial charge in [0.2, 0.25) is 5.91 Å². The molecule has 3 fully saturated rings. The third-order valence-electron chi connectivity index (χ3n) is 6.83. The summed E-state index contributed by atoms with van der Waals surface area (Å²) in [6.45, 7) is 1.70. The Hall–Kier alpha value is -1.84. The van der Waals surface area contributed by atoms with Crippen molar-refractivity contribution >= 4 is 17.0 Å². The normalized spacial score (nSPS) is 29.6. The van der Waals surface area contributed by atoms with Crippen LogP contribution in [0.1, 0.15) is 56.8 Å². The lowest BCUT2D eigenvalue weighted by Crippen LogP contribution is -2.39. The average molecular weight is 338 g/mol. The van der Waals surface area contributed by atoms with Crippen molar-refractivity contribution in [3.05, 3.63) is 30.2 Å². The minimum atomic E-state index is 0.346. The summed E-state index contributed by atoms with van der Waals surface area (Å²) in [5.74, 6) is 4.01. The first-order valence-corrected chi connectivity index (χ1v) is 9.89. The predicted molar refractivity (Wildman–Crippen MR) is 96.1 cm³/mol. The highest BCUT2D eigenvalue weighted by atomic mass is 16.3. The van der Waals surface area contributed by atoms with Gasteiger partial charge >= 0.3 is 0 Å². The fourth-order valence-electron chi connectivity index (χ4n) is 5.42. The molecular formula is C21H26N2O2. The summed E-state index contributed by atoms with van der Waals surface area (Å²) in [5, 5.41) is 0. The third-order valence-corrected chi connectivity index (χ3v) is 6.83. The number of piperidine rings is 1. The van der Waals surface area contributed by atoms with E-state index in [1.165, 1.54) is 25.7 Å². The number of likely N-dealkylation sites (tertiary alicyclic amines) is 1. The van der Waals surface area contributed by atoms with Crippen LogP contribution >= 0.6 is 0 Å². The van der Waals surface area contributed by atoms with Crippen LogP contribution in [0.3, 0.4) is 0 Å². The molecule has 5 rings (SSSR count). The maximum Gasteiger partial charge on any atom is 0.222 e. The summed E-state index contributed by atoms with van der Waals surface area (Å²) in [5.41, 5.74) is 1.81. The third kappa shape index (κ3) is 2.86. The summed E-state index contributed by atoms with van der Waals surface area (Å²) >= 11 is 0. The van der Waals surface area contributed by atoms with Crippen LogP contribution < -0.4 is 0 Å². The number of oxazole rings is 1. The quantitative estimate of drug-likeness (QED) is 0.835. The predicted octanol–water partition coefficient (Wildman–Crippen LogP) is 4.36. The van der Waals surface area contributed by atoms with Gasteiger partial charge < -0.3 is 9.32 Å². The van der Waals surface area contributed by atoms with Crippen LogP contribution in [0.25, 0.3) is 11.1 Å². The molecular weight excluding hydrogens is 312 g/mol. The Bertz CT molecular complexity index is 742. The summed E-state index contributed by atoms with van der Waals surface area (Å²) in [7, 11) is 0. The lowest BCUT2D eigenvalue weighted by atomic mass is 9.86. The van der Waals surface area contributed by atoms with Crippen molar-refractivity contribution in [2.45, 2.75) is 50.9 Å². The number of para-hydroxylation sites is 2. The molecule has 2 saturated carbocycles. The second-order valence-electron chi connectivity index (χ2n) is 8.31. The van der Waals surface area contributed by atoms with Gasteiger partial charge in [-0.3, -0.25) is 4.79 Å². The molecule has 0 N–H and O–H groups in total. The molecule has 25 heavy (non-hydrogen) atoms. The minimum Gasteiger partial charge on any atom is -0.440 e. The van der Waals surface area contributed by atoms with Gasteiger partial charge in [0.05, 0.1) is 0 Å². The van der Waals surface area contributed by atoms with Crippen LogP contribution in [0.4, 0.5) is 0 Å². The molecule has 2 bridgehead atoms. The lowest BCUT2D eigenvalue weighted by Gasteiger charge is -2.32. The Kier molecular flexibility index (Phi) is 3.79. The number of aromatic nitrogens is 1. The standard InChI is InChI=1S/C21H26N2O2/c24-20(13-17-12-14-5-6-16(17)11-14)23-9-7-15(8-10-23)21-22-18-3-1-2-4-19(18)25-21/h1-4,14-17H,5-13H2/t14-,16-,17-/m0/s1. The van der Waals surface area contributed by atoms with Gasteiger partial charge in [-0.1, -0.05) is 18.6 Å². The molecule has 1 amide bonds. The molecule has 0 spiro atoms. The number of nitrogens with zero attached hydrogens (tertiary/aromatic N) is 2. The molecule has 3 atom stereocenters. The van der Waals surface area contributed by atoms with Crippen LogP contribution in [-0.4, -0.2) is 28.9 Å². The molecule has 0 unspecified atom stereocenters. The van der Waals surface area contributed by atoms with E-state index < -0.39 is 0 Å². The first-order chi connectivity index (χ1) is 12.3. The van der Waals surface area contributed by atoms with Crippen molar-refractivity contribution in [3.63, 3.8) is 0 Å². The number of hydrogen-bond acceptors (Lipinski definition) is 3. The molecule has 1 aliphatic heterocycles. The summed E-state index contributed by atoms with van der Waals surface area (Å²) in [4.78, 5) is 19.4. The summed E-state index contributed by atoms with van der Waals surface area (Å²) < 4.78 is 5.93. The Morgan fingerprint density at radius 2 is 1.96 bits per heavy atom. The van der Waals surface area contributed by atoms with Gasteiger partial charge in [-0.25, -0.2) is 4.98 Å². The van der Waals surface area contributed by atoms with Crippen molar-refractivity contribution in [1.82, 2.24) is 9.88 Å². The SMILES string of the molecule is O=C(C[C@@H]1C[C@H]2CC[C@H]1C2)N1CCC(c2nc3ccccc3o2)CC1. The molecule has 4 nitrogen and oxygen atoms in total. The van der Waals surface area contributed by atoms with E-state index in [2.05, 4.69) is 9.88 Å². The smallest absolute Gasteiger partial charge is 0.222 e. The van der Waals surface area contributed by atoms with Crippen molar-refractivity contribution in [1.29, 1.82) is 0 Å². The number of carbonyl (C=O) groups is 1. The van der Waals surface area contributed by atoms with Crippen LogP contribution in [0.2, 0.25) is 0 Å². The number of rotatable bonds is 3. The second kappa shape index (κ2) is 6.15. The van der Waals surface area contributed by atoms with Gasteiger partial charge in [0.25, 0.3) is 0 Å². The molecule has 2 aromatic rings. The summed E-state index contributed by atoms with van der Waals surface area (Å²) in [6, 6.07) is 7.94. The van der Waals surface area contributed by atoms with Crippen LogP contribution in [0.5, 0.6) is 0 Å². The molecule has 1 aromatic heterocycles. The number of benzene rings is 1. The van der Waals surface area contributed by atoms with E-state index in [1.807, 2.05) is 24.3 Å². The number of hydrogen-bond donors (Lipinski definition) is 0. The Morgan fingerprint density at radius 1 is 1.12 bits per heavy atom. The second-order valence-corrected chi connectivity index (χ2v) is 8.31. The number of carbonyl (C=O) groups excluding carboxylic acids is 1. The molecule has 0 radical (unpaired) electrons. The molecule has 132 valence electrons. The van der Waals surface area contributed by atoms with Crippen LogP contribution in [0, 0.1) is 17.8 Å². The fraction of sp³-hybridized carbons (Fsp3) is 0.619. The zero-order valence-electron chi connectivity index (χ0n) is 14.7. The number of amides is 1. The lowest BCUT2D eigenvalue weighted by molar-refractivity contribution is -0.133. The van der Waals surface area contributed by atoms with Gasteiger partial charge in [0.15, 0.2) is 11.5 Å². The monoisotopic (exact) mass is 338 g/mol. The zero-order valence-corrected chi connectivity index (χ0v) is 14.7. The molecule has 2 aliphatic carbocycles. The van der Waals surface area contributed by atoms with E-state index in [0.717, 1.165) is 61.2 Å². The maximum absolute atomic E-state index is 12.7. The van der Waals surface area contributed by atoms with E-state index >= 15 is 0 Å². The van der Waals surface area contributed by atoms with Crippen molar-refractivity contribution in [2.75, 3.05) is 13.1 Å². The van der Waals surface area contributed by atoms with E-state index in [-0.39, 0.29) is 0 Å². The Balaban J connectivity index is 1.18. The van der Waals surface area contributed by atoms with Crippen molar-refractivity contribution in [3.8, 4) is 0 Å². The van der Waals surface area contributed by atoms with Gasteiger partial charge in [-0.15, -0.1) is 0 Å². The van der Waals surface area contributed by atoms with Crippen LogP contribution in [-0.2, 0) is 4.79 Å². The fourth-order valence-corrected chi connectivity index (χ4v) is 5.42. The molecule has 2 heterocycles. The Labute approximate surface area is 148 Å². The molecule has 1 aromatic carbocycles. The zero-order chi connectivity index (χ0) is 16.8. The Morgan fingerprint density at radius 3 is 2.68 bits per heavy atom. The van der Waals surface area contributed by atoms with Gasteiger partial charge in [0, 0.05) is 25.4 Å². The van der Waals surface area contributed by atoms with Crippen LogP contribution in [0.15, 0.2) is 28.7 Å². The number of fused-ring (bicyclic) bond motifs is 3. The minimum absolute atomic E-state index is 0.346. The van der Waals surface area contributed by atoms with E-state index in [9.17, 15) is 4.79 Å². The first kappa shape index (κ1) is 15.4. The highest BCUT2D eigenvalue weighted by Gasteiger charge is 2.41. The van der Waals surface area contributed by atoms with Crippen molar-refractivity contribution in [2.24, 2.45) is 17.8 Å². The maximum atomic E-state index is 12.7. The summed E-state index contributed by atoms with van der Waals surface area (Å²) in [6.07, 6.45) is 8.18. The largest absolute Gasteiger partial charge is 0.440 e. The first-order valence-electron chi connectivity index (χ1n) is 9.89. The molecule has 1 saturated heterocycles. The van der Waals surface area contributed by atoms with E-state index in [0.29, 0.717) is 17.7 Å². The highest BCUT2D eigenvalue weighted by Crippen LogP contribution is 2.49.